The average molecular weight is 328 g/mol. The first-order chi connectivity index (χ1) is 8.78. The Bertz CT molecular complexity index is 496. The normalized spacial score (nSPS) is 19.0. The van der Waals surface area contributed by atoms with E-state index in [1.54, 1.807) is 4.90 Å². The van der Waals surface area contributed by atoms with Crippen LogP contribution >= 0.6 is 15.9 Å². The van der Waals surface area contributed by atoms with E-state index in [1.165, 1.54) is 0 Å². The van der Waals surface area contributed by atoms with Crippen LogP contribution in [-0.4, -0.2) is 23.3 Å². The van der Waals surface area contributed by atoms with Crippen molar-refractivity contribution in [3.63, 3.8) is 0 Å². The largest absolute Gasteiger partial charge is 0.443 e. The average Bonchev–Trinajstić information content (AvgIpc) is 2.27. The number of hydrogen-bond acceptors (Lipinski definition) is 3. The number of carbonyl (C=O) groups is 1. The van der Waals surface area contributed by atoms with Gasteiger partial charge in [-0.3, -0.25) is 4.90 Å². The minimum atomic E-state index is -0.536. The lowest BCUT2D eigenvalue weighted by Gasteiger charge is -2.33. The van der Waals surface area contributed by atoms with Gasteiger partial charge in [-0.1, -0.05) is 15.9 Å². The maximum absolute atomic E-state index is 12.2. The van der Waals surface area contributed by atoms with E-state index in [0.29, 0.717) is 13.0 Å². The number of benzene rings is 1. The molecule has 5 heteroatoms. The first-order valence-corrected chi connectivity index (χ1v) is 7.05. The third-order valence-corrected chi connectivity index (χ3v) is 3.37. The summed E-state index contributed by atoms with van der Waals surface area (Å²) in [5, 5.41) is 10.0. The lowest BCUT2D eigenvalue weighted by molar-refractivity contribution is 0.0565. The Balaban J connectivity index is 2.31. The zero-order valence-electron chi connectivity index (χ0n) is 11.3. The number of aliphatic hydroxyl groups excluding tert-OH is 1. The molecule has 19 heavy (non-hydrogen) atoms. The van der Waals surface area contributed by atoms with Crippen LogP contribution in [0, 0.1) is 0 Å². The van der Waals surface area contributed by atoms with Gasteiger partial charge in [-0.15, -0.1) is 0 Å². The molecule has 1 N–H and O–H groups in total. The fourth-order valence-electron chi connectivity index (χ4n) is 2.07. The van der Waals surface area contributed by atoms with Crippen molar-refractivity contribution in [2.24, 2.45) is 0 Å². The summed E-state index contributed by atoms with van der Waals surface area (Å²) in [6.07, 6.45) is -0.392. The molecule has 0 radical (unpaired) electrons. The molecular weight excluding hydrogens is 310 g/mol. The first kappa shape index (κ1) is 14.3. The van der Waals surface area contributed by atoms with E-state index in [1.807, 2.05) is 39.0 Å². The number of carbonyl (C=O) groups excluding carboxylic acids is 1. The fourth-order valence-corrected chi connectivity index (χ4v) is 2.45. The van der Waals surface area contributed by atoms with Gasteiger partial charge in [0.15, 0.2) is 0 Å². The number of nitrogens with zero attached hydrogens (tertiary/aromatic N) is 1. The predicted molar refractivity (Wildman–Crippen MR) is 77.3 cm³/mol. The summed E-state index contributed by atoms with van der Waals surface area (Å²) in [7, 11) is 0. The van der Waals surface area contributed by atoms with Gasteiger partial charge in [-0.25, -0.2) is 4.79 Å². The van der Waals surface area contributed by atoms with Crippen LogP contribution in [0.4, 0.5) is 10.5 Å². The standard InChI is InChI=1S/C14H18BrNO3/c1-14(2,3)19-13(18)16-7-6-12(17)10-8-9(15)4-5-11(10)16/h4-5,8,12,17H,6-7H2,1-3H3/t12-/m0/s1. The van der Waals surface area contributed by atoms with E-state index in [4.69, 9.17) is 4.74 Å². The second-order valence-corrected chi connectivity index (χ2v) is 6.56. The van der Waals surface area contributed by atoms with Crippen molar-refractivity contribution in [3.05, 3.63) is 28.2 Å². The Morgan fingerprint density at radius 3 is 2.79 bits per heavy atom. The van der Waals surface area contributed by atoms with E-state index in [-0.39, 0.29) is 6.09 Å². The third-order valence-electron chi connectivity index (χ3n) is 2.88. The van der Waals surface area contributed by atoms with Gasteiger partial charge in [-0.05, 0) is 45.4 Å². The lowest BCUT2D eigenvalue weighted by Crippen LogP contribution is -2.40. The Labute approximate surface area is 121 Å². The molecule has 104 valence electrons. The number of aliphatic hydroxyl groups is 1. The first-order valence-electron chi connectivity index (χ1n) is 6.26. The van der Waals surface area contributed by atoms with E-state index in [2.05, 4.69) is 15.9 Å². The number of rotatable bonds is 0. The highest BCUT2D eigenvalue weighted by molar-refractivity contribution is 9.10. The van der Waals surface area contributed by atoms with Gasteiger partial charge < -0.3 is 9.84 Å². The molecule has 0 saturated heterocycles. The van der Waals surface area contributed by atoms with E-state index >= 15 is 0 Å². The van der Waals surface area contributed by atoms with Crippen molar-refractivity contribution in [1.82, 2.24) is 0 Å². The van der Waals surface area contributed by atoms with Crippen LogP contribution in [0.2, 0.25) is 0 Å². The maximum atomic E-state index is 12.2. The minimum Gasteiger partial charge on any atom is -0.443 e. The highest BCUT2D eigenvalue weighted by Gasteiger charge is 2.30. The van der Waals surface area contributed by atoms with Crippen molar-refractivity contribution in [3.8, 4) is 0 Å². The molecule has 1 atom stereocenters. The van der Waals surface area contributed by atoms with Crippen LogP contribution in [0.3, 0.4) is 0 Å². The predicted octanol–water partition coefficient (Wildman–Crippen LogP) is 3.63. The third kappa shape index (κ3) is 3.28. The number of ether oxygens (including phenoxy) is 1. The quantitative estimate of drug-likeness (QED) is 0.791. The zero-order valence-corrected chi connectivity index (χ0v) is 12.9. The maximum Gasteiger partial charge on any atom is 0.414 e. The van der Waals surface area contributed by atoms with Crippen molar-refractivity contribution < 1.29 is 14.6 Å². The molecule has 1 heterocycles. The Hall–Kier alpha value is -1.07. The van der Waals surface area contributed by atoms with Gasteiger partial charge in [0.1, 0.15) is 5.60 Å². The lowest BCUT2D eigenvalue weighted by atomic mass is 9.99. The van der Waals surface area contributed by atoms with Gasteiger partial charge in [0.2, 0.25) is 0 Å². The summed E-state index contributed by atoms with van der Waals surface area (Å²) >= 11 is 3.38. The van der Waals surface area contributed by atoms with Crippen LogP contribution in [0.25, 0.3) is 0 Å². The van der Waals surface area contributed by atoms with Gasteiger partial charge >= 0.3 is 6.09 Å². The van der Waals surface area contributed by atoms with Crippen LogP contribution in [0.5, 0.6) is 0 Å². The molecular formula is C14H18BrNO3. The highest BCUT2D eigenvalue weighted by Crippen LogP contribution is 2.36. The van der Waals surface area contributed by atoms with Crippen molar-refractivity contribution in [1.29, 1.82) is 0 Å². The molecule has 1 aromatic carbocycles. The molecule has 1 amide bonds. The summed E-state index contributed by atoms with van der Waals surface area (Å²) in [6, 6.07) is 5.52. The van der Waals surface area contributed by atoms with Crippen LogP contribution in [-0.2, 0) is 4.74 Å². The topological polar surface area (TPSA) is 49.8 Å². The summed E-state index contributed by atoms with van der Waals surface area (Å²) in [5.41, 5.74) is 0.950. The second-order valence-electron chi connectivity index (χ2n) is 5.64. The summed E-state index contributed by atoms with van der Waals surface area (Å²) in [6.45, 7) is 5.98. The molecule has 0 aliphatic carbocycles. The fraction of sp³-hybridized carbons (Fsp3) is 0.500. The summed E-state index contributed by atoms with van der Waals surface area (Å²) in [5.74, 6) is 0. The Kier molecular flexibility index (Phi) is 3.87. The molecule has 0 aromatic heterocycles. The van der Waals surface area contributed by atoms with Gasteiger partial charge in [0.25, 0.3) is 0 Å². The molecule has 0 fully saturated rings. The second kappa shape index (κ2) is 5.13. The van der Waals surface area contributed by atoms with E-state index < -0.39 is 11.7 Å². The van der Waals surface area contributed by atoms with Gasteiger partial charge in [0, 0.05) is 16.6 Å². The molecule has 2 rings (SSSR count). The Morgan fingerprint density at radius 2 is 2.16 bits per heavy atom. The Morgan fingerprint density at radius 1 is 1.47 bits per heavy atom. The van der Waals surface area contributed by atoms with Gasteiger partial charge in [-0.2, -0.15) is 0 Å². The van der Waals surface area contributed by atoms with Gasteiger partial charge in [0.05, 0.1) is 11.8 Å². The zero-order chi connectivity index (χ0) is 14.2. The summed E-state index contributed by atoms with van der Waals surface area (Å²) in [4.78, 5) is 13.8. The van der Waals surface area contributed by atoms with E-state index in [9.17, 15) is 9.90 Å². The number of hydrogen-bond donors (Lipinski definition) is 1. The molecule has 1 aliphatic rings. The highest BCUT2D eigenvalue weighted by atomic mass is 79.9. The van der Waals surface area contributed by atoms with Crippen molar-refractivity contribution in [2.75, 3.05) is 11.4 Å². The summed E-state index contributed by atoms with van der Waals surface area (Å²) < 4.78 is 6.28. The van der Waals surface area contributed by atoms with Crippen LogP contribution in [0.1, 0.15) is 38.9 Å². The molecule has 1 aromatic rings. The number of halogens is 1. The molecule has 0 bridgehead atoms. The molecule has 0 spiro atoms. The molecule has 0 saturated carbocycles. The number of amides is 1. The van der Waals surface area contributed by atoms with Crippen molar-refractivity contribution in [2.45, 2.75) is 38.9 Å². The molecule has 0 unspecified atom stereocenters. The molecule has 1 aliphatic heterocycles. The van der Waals surface area contributed by atoms with Crippen LogP contribution < -0.4 is 4.90 Å². The molecule has 4 nitrogen and oxygen atoms in total. The number of anilines is 1. The smallest absolute Gasteiger partial charge is 0.414 e. The monoisotopic (exact) mass is 327 g/mol. The van der Waals surface area contributed by atoms with Crippen LogP contribution in [0.15, 0.2) is 22.7 Å². The number of fused-ring (bicyclic) bond motifs is 1. The van der Waals surface area contributed by atoms with Crippen molar-refractivity contribution >= 4 is 27.7 Å². The van der Waals surface area contributed by atoms with E-state index in [0.717, 1.165) is 15.7 Å². The SMILES string of the molecule is CC(C)(C)OC(=O)N1CC[C@H](O)c2cc(Br)ccc21. The minimum absolute atomic E-state index is 0.372.